The maximum atomic E-state index is 10.7. The van der Waals surface area contributed by atoms with Crippen molar-refractivity contribution < 1.29 is 14.6 Å². The Morgan fingerprint density at radius 1 is 1.75 bits per heavy atom. The minimum absolute atomic E-state index is 0.384. The topological polar surface area (TPSA) is 46.5 Å². The van der Waals surface area contributed by atoms with Crippen LogP contribution >= 0.6 is 11.3 Å². The molecule has 12 heavy (non-hydrogen) atoms. The van der Waals surface area contributed by atoms with Gasteiger partial charge in [0.05, 0.1) is 7.11 Å². The summed E-state index contributed by atoms with van der Waals surface area (Å²) < 4.78 is 5.01. The van der Waals surface area contributed by atoms with Crippen LogP contribution < -0.4 is 4.74 Å². The smallest absolute Gasteiger partial charge is 0.346 e. The molecule has 3 nitrogen and oxygen atoms in total. The van der Waals surface area contributed by atoms with Crippen LogP contribution in [0.3, 0.4) is 0 Å². The number of ether oxygens (including phenoxy) is 1. The lowest BCUT2D eigenvalue weighted by Crippen LogP contribution is -1.97. The normalized spacial score (nSPS) is 9.83. The third-order valence-corrected chi connectivity index (χ3v) is 2.61. The second-order valence-electron chi connectivity index (χ2n) is 2.27. The summed E-state index contributed by atoms with van der Waals surface area (Å²) >= 11 is 1.21. The lowest BCUT2D eigenvalue weighted by molar-refractivity contribution is 0.0701. The summed E-state index contributed by atoms with van der Waals surface area (Å²) in [6, 6.07) is 0. The van der Waals surface area contributed by atoms with E-state index in [9.17, 15) is 4.79 Å². The number of carboxylic acid groups (broad SMARTS) is 1. The monoisotopic (exact) mass is 186 g/mol. The van der Waals surface area contributed by atoms with Gasteiger partial charge in [-0.1, -0.05) is 6.92 Å². The van der Waals surface area contributed by atoms with Gasteiger partial charge in [0.25, 0.3) is 0 Å². The van der Waals surface area contributed by atoms with Crippen LogP contribution in [-0.2, 0) is 6.42 Å². The number of rotatable bonds is 3. The van der Waals surface area contributed by atoms with Crippen molar-refractivity contribution in [3.63, 3.8) is 0 Å². The van der Waals surface area contributed by atoms with E-state index in [4.69, 9.17) is 9.84 Å². The van der Waals surface area contributed by atoms with Crippen molar-refractivity contribution in [3.8, 4) is 5.75 Å². The summed E-state index contributed by atoms with van der Waals surface area (Å²) in [6.45, 7) is 1.91. The van der Waals surface area contributed by atoms with Crippen molar-refractivity contribution in [3.05, 3.63) is 15.8 Å². The first-order valence-corrected chi connectivity index (χ1v) is 4.46. The van der Waals surface area contributed by atoms with Crippen LogP contribution in [0, 0.1) is 0 Å². The highest BCUT2D eigenvalue weighted by Gasteiger charge is 2.15. The SMILES string of the molecule is CCc1c(OC)csc1C(=O)O. The molecular weight excluding hydrogens is 176 g/mol. The molecular formula is C8H10O3S. The molecule has 0 fully saturated rings. The standard InChI is InChI=1S/C8H10O3S/c1-3-5-6(11-2)4-12-7(5)8(9)10/h4H,3H2,1-2H3,(H,9,10). The highest BCUT2D eigenvalue weighted by atomic mass is 32.1. The van der Waals surface area contributed by atoms with E-state index in [-0.39, 0.29) is 0 Å². The van der Waals surface area contributed by atoms with Gasteiger partial charge in [0.2, 0.25) is 0 Å². The Bertz CT molecular complexity index is 290. The van der Waals surface area contributed by atoms with Crippen molar-refractivity contribution in [1.29, 1.82) is 0 Å². The molecule has 0 saturated carbocycles. The fourth-order valence-corrected chi connectivity index (χ4v) is 2.00. The molecule has 0 aliphatic heterocycles. The molecule has 1 aromatic heterocycles. The first-order valence-electron chi connectivity index (χ1n) is 3.58. The summed E-state index contributed by atoms with van der Waals surface area (Å²) in [5, 5.41) is 10.5. The molecule has 0 aliphatic rings. The number of carbonyl (C=O) groups is 1. The van der Waals surface area contributed by atoms with E-state index in [0.717, 1.165) is 5.56 Å². The molecule has 0 aromatic carbocycles. The van der Waals surface area contributed by atoms with E-state index < -0.39 is 5.97 Å². The second-order valence-corrected chi connectivity index (χ2v) is 3.15. The van der Waals surface area contributed by atoms with Gasteiger partial charge in [-0.05, 0) is 6.42 Å². The van der Waals surface area contributed by atoms with Gasteiger partial charge >= 0.3 is 5.97 Å². The van der Waals surface area contributed by atoms with Crippen LogP contribution in [0.5, 0.6) is 5.75 Å². The van der Waals surface area contributed by atoms with E-state index in [1.54, 1.807) is 12.5 Å². The Hall–Kier alpha value is -1.03. The Kier molecular flexibility index (Phi) is 2.70. The number of carboxylic acids is 1. The van der Waals surface area contributed by atoms with Gasteiger partial charge in [0.15, 0.2) is 0 Å². The van der Waals surface area contributed by atoms with E-state index >= 15 is 0 Å². The maximum Gasteiger partial charge on any atom is 0.346 e. The van der Waals surface area contributed by atoms with Gasteiger partial charge in [0.1, 0.15) is 10.6 Å². The van der Waals surface area contributed by atoms with Crippen molar-refractivity contribution in [2.24, 2.45) is 0 Å². The summed E-state index contributed by atoms with van der Waals surface area (Å²) in [6.07, 6.45) is 0.689. The number of thiophene rings is 1. The van der Waals surface area contributed by atoms with E-state index in [0.29, 0.717) is 17.0 Å². The highest BCUT2D eigenvalue weighted by molar-refractivity contribution is 7.12. The fourth-order valence-electron chi connectivity index (χ4n) is 1.05. The molecule has 0 atom stereocenters. The molecule has 1 heterocycles. The third kappa shape index (κ3) is 1.43. The summed E-state index contributed by atoms with van der Waals surface area (Å²) in [5.41, 5.74) is 0.787. The first kappa shape index (κ1) is 9.06. The largest absolute Gasteiger partial charge is 0.496 e. The molecule has 1 aromatic rings. The molecule has 66 valence electrons. The van der Waals surface area contributed by atoms with E-state index in [1.807, 2.05) is 6.92 Å². The zero-order valence-electron chi connectivity index (χ0n) is 6.96. The highest BCUT2D eigenvalue weighted by Crippen LogP contribution is 2.29. The van der Waals surface area contributed by atoms with Crippen LogP contribution in [0.15, 0.2) is 5.38 Å². The Morgan fingerprint density at radius 3 is 2.83 bits per heavy atom. The van der Waals surface area contributed by atoms with E-state index in [1.165, 1.54) is 11.3 Å². The quantitative estimate of drug-likeness (QED) is 0.785. The van der Waals surface area contributed by atoms with Crippen LogP contribution in [0.4, 0.5) is 0 Å². The molecule has 0 aliphatic carbocycles. The van der Waals surface area contributed by atoms with Crippen LogP contribution in [-0.4, -0.2) is 18.2 Å². The molecule has 0 radical (unpaired) electrons. The van der Waals surface area contributed by atoms with Crippen molar-refractivity contribution in [2.75, 3.05) is 7.11 Å². The Labute approximate surface area is 74.6 Å². The molecule has 0 spiro atoms. The number of methoxy groups -OCH3 is 1. The van der Waals surface area contributed by atoms with Crippen molar-refractivity contribution in [1.82, 2.24) is 0 Å². The minimum Gasteiger partial charge on any atom is -0.496 e. The van der Waals surface area contributed by atoms with Crippen LogP contribution in [0.1, 0.15) is 22.2 Å². The van der Waals surface area contributed by atoms with Gasteiger partial charge in [-0.3, -0.25) is 0 Å². The summed E-state index contributed by atoms with van der Waals surface area (Å²) in [7, 11) is 1.55. The molecule has 1 N–H and O–H groups in total. The molecule has 0 bridgehead atoms. The zero-order valence-corrected chi connectivity index (χ0v) is 7.77. The lowest BCUT2D eigenvalue weighted by Gasteiger charge is -1.99. The van der Waals surface area contributed by atoms with Gasteiger partial charge in [-0.25, -0.2) is 4.79 Å². The van der Waals surface area contributed by atoms with Crippen LogP contribution in [0.25, 0.3) is 0 Å². The molecule has 4 heteroatoms. The van der Waals surface area contributed by atoms with Crippen molar-refractivity contribution in [2.45, 2.75) is 13.3 Å². The van der Waals surface area contributed by atoms with Gasteiger partial charge in [0, 0.05) is 10.9 Å². The van der Waals surface area contributed by atoms with Crippen molar-refractivity contribution >= 4 is 17.3 Å². The number of hydrogen-bond acceptors (Lipinski definition) is 3. The summed E-state index contributed by atoms with van der Waals surface area (Å²) in [5.74, 6) is -0.194. The van der Waals surface area contributed by atoms with Gasteiger partial charge in [-0.15, -0.1) is 11.3 Å². The first-order chi connectivity index (χ1) is 5.70. The van der Waals surface area contributed by atoms with Gasteiger partial charge in [-0.2, -0.15) is 0 Å². The van der Waals surface area contributed by atoms with Crippen LogP contribution in [0.2, 0.25) is 0 Å². The molecule has 0 saturated heterocycles. The summed E-state index contributed by atoms with van der Waals surface area (Å²) in [4.78, 5) is 11.0. The number of hydrogen-bond donors (Lipinski definition) is 1. The average Bonchev–Trinajstić information content (AvgIpc) is 2.46. The maximum absolute atomic E-state index is 10.7. The predicted octanol–water partition coefficient (Wildman–Crippen LogP) is 2.02. The average molecular weight is 186 g/mol. The Balaban J connectivity index is 3.13. The third-order valence-electron chi connectivity index (χ3n) is 1.62. The Morgan fingerprint density at radius 2 is 2.42 bits per heavy atom. The second kappa shape index (κ2) is 3.58. The lowest BCUT2D eigenvalue weighted by atomic mass is 10.2. The molecule has 0 unspecified atom stereocenters. The minimum atomic E-state index is -0.875. The predicted molar refractivity (Wildman–Crippen MR) is 47.2 cm³/mol. The number of aromatic carboxylic acids is 1. The zero-order chi connectivity index (χ0) is 9.14. The van der Waals surface area contributed by atoms with Gasteiger partial charge < -0.3 is 9.84 Å². The van der Waals surface area contributed by atoms with E-state index in [2.05, 4.69) is 0 Å². The molecule has 1 rings (SSSR count). The fraction of sp³-hybridized carbons (Fsp3) is 0.375. The molecule has 0 amide bonds.